The van der Waals surface area contributed by atoms with Gasteiger partial charge in [0, 0.05) is 17.7 Å². The first-order valence-electron chi connectivity index (χ1n) is 10.6. The van der Waals surface area contributed by atoms with Crippen LogP contribution in [0.1, 0.15) is 12.0 Å². The second kappa shape index (κ2) is 10.1. The van der Waals surface area contributed by atoms with Gasteiger partial charge in [-0.1, -0.05) is 24.3 Å². The zero-order chi connectivity index (χ0) is 24.1. The molecule has 0 aliphatic carbocycles. The monoisotopic (exact) mass is 480 g/mol. The van der Waals surface area contributed by atoms with Gasteiger partial charge < -0.3 is 21.0 Å². The van der Waals surface area contributed by atoms with E-state index in [4.69, 9.17) is 21.0 Å². The highest BCUT2D eigenvalue weighted by Gasteiger charge is 2.18. The summed E-state index contributed by atoms with van der Waals surface area (Å²) in [5, 5.41) is 17.1. The van der Waals surface area contributed by atoms with Crippen LogP contribution in [0.25, 0.3) is 34.3 Å². The summed E-state index contributed by atoms with van der Waals surface area (Å²) >= 11 is 0. The van der Waals surface area contributed by atoms with Crippen LogP contribution in [0.2, 0.25) is 0 Å². The van der Waals surface area contributed by atoms with Crippen LogP contribution in [0, 0.1) is 0 Å². The summed E-state index contributed by atoms with van der Waals surface area (Å²) in [7, 11) is -3.46. The quantitative estimate of drug-likeness (QED) is 0.322. The molecule has 0 atom stereocenters. The minimum Gasteiger partial charge on any atom is -0.414 e. The largest absolute Gasteiger partial charge is 0.414 e. The molecule has 2 aromatic carbocycles. The molecule has 0 aliphatic heterocycles. The molecule has 0 bridgehead atoms. The summed E-state index contributed by atoms with van der Waals surface area (Å²) in [5.41, 5.74) is 14.8. The number of nitrogens with zero attached hydrogens (tertiary/aromatic N) is 4. The van der Waals surface area contributed by atoms with Crippen molar-refractivity contribution in [3.05, 3.63) is 60.3 Å². The summed E-state index contributed by atoms with van der Waals surface area (Å²) < 4.78 is 30.4. The first-order chi connectivity index (χ1) is 16.4. The van der Waals surface area contributed by atoms with E-state index in [9.17, 15) is 8.42 Å². The minimum absolute atomic E-state index is 0.121. The standard InChI is InChI=1S/C23H24N6O4S/c24-11-10-15-2-4-17(5-3-15)22-28-29-23(33-22)20-21(25)26-14-19(27-20)16-6-8-18(9-7-16)34(31,32)13-1-12-30/h2-9,14,30H,1,10-13,24H2,(H2,25,26). The van der Waals surface area contributed by atoms with Crippen molar-refractivity contribution in [1.82, 2.24) is 20.2 Å². The summed E-state index contributed by atoms with van der Waals surface area (Å²) in [5.74, 6) is 0.444. The lowest BCUT2D eigenvalue weighted by atomic mass is 10.1. The Morgan fingerprint density at radius 2 is 1.62 bits per heavy atom. The first kappa shape index (κ1) is 23.5. The first-order valence-corrected chi connectivity index (χ1v) is 12.3. The molecular weight excluding hydrogens is 456 g/mol. The van der Waals surface area contributed by atoms with Gasteiger partial charge in [-0.05, 0) is 49.2 Å². The Morgan fingerprint density at radius 1 is 0.941 bits per heavy atom. The predicted molar refractivity (Wildman–Crippen MR) is 127 cm³/mol. The van der Waals surface area contributed by atoms with Gasteiger partial charge in [-0.15, -0.1) is 10.2 Å². The molecule has 0 aliphatic rings. The normalized spacial score (nSPS) is 11.6. The molecule has 0 amide bonds. The number of aliphatic hydroxyl groups excluding tert-OH is 1. The number of nitrogen functional groups attached to an aromatic ring is 1. The van der Waals surface area contributed by atoms with Crippen molar-refractivity contribution in [3.8, 4) is 34.3 Å². The lowest BCUT2D eigenvalue weighted by Gasteiger charge is -2.07. The Morgan fingerprint density at radius 3 is 2.29 bits per heavy atom. The zero-order valence-electron chi connectivity index (χ0n) is 18.3. The topological polar surface area (TPSA) is 171 Å². The lowest BCUT2D eigenvalue weighted by Crippen LogP contribution is -2.08. The smallest absolute Gasteiger partial charge is 0.270 e. The van der Waals surface area contributed by atoms with Crippen molar-refractivity contribution in [2.45, 2.75) is 17.7 Å². The maximum atomic E-state index is 12.3. The second-order valence-electron chi connectivity index (χ2n) is 7.56. The number of aromatic nitrogens is 4. The number of anilines is 1. The van der Waals surface area contributed by atoms with Gasteiger partial charge in [0.05, 0.1) is 22.5 Å². The van der Waals surface area contributed by atoms with Gasteiger partial charge in [0.1, 0.15) is 0 Å². The van der Waals surface area contributed by atoms with Crippen LogP contribution in [0.4, 0.5) is 5.82 Å². The number of benzene rings is 2. The van der Waals surface area contributed by atoms with Gasteiger partial charge in [0.25, 0.3) is 5.89 Å². The Labute approximate surface area is 196 Å². The molecule has 5 N–H and O–H groups in total. The maximum absolute atomic E-state index is 12.3. The molecule has 2 aromatic heterocycles. The van der Waals surface area contributed by atoms with Gasteiger partial charge >= 0.3 is 0 Å². The summed E-state index contributed by atoms with van der Waals surface area (Å²) in [6.07, 6.45) is 2.45. The molecule has 4 aromatic rings. The van der Waals surface area contributed by atoms with Crippen LogP contribution >= 0.6 is 0 Å². The molecule has 0 spiro atoms. The fraction of sp³-hybridized carbons (Fsp3) is 0.217. The second-order valence-corrected chi connectivity index (χ2v) is 9.67. The highest BCUT2D eigenvalue weighted by molar-refractivity contribution is 7.91. The maximum Gasteiger partial charge on any atom is 0.270 e. The Bertz CT molecular complexity index is 1370. The van der Waals surface area contributed by atoms with Gasteiger partial charge in [0.2, 0.25) is 5.89 Å². The third-order valence-corrected chi connectivity index (χ3v) is 6.96. The number of nitrogens with two attached hydrogens (primary N) is 2. The van der Waals surface area contributed by atoms with Crippen molar-refractivity contribution in [2.24, 2.45) is 5.73 Å². The fourth-order valence-electron chi connectivity index (χ4n) is 3.32. The van der Waals surface area contributed by atoms with Crippen LogP contribution in [-0.2, 0) is 16.3 Å². The zero-order valence-corrected chi connectivity index (χ0v) is 19.1. The Hall–Kier alpha value is -3.67. The molecule has 11 heteroatoms. The predicted octanol–water partition coefficient (Wildman–Crippen LogP) is 2.10. The van der Waals surface area contributed by atoms with Crippen LogP contribution in [-0.4, -0.2) is 52.6 Å². The SMILES string of the molecule is NCCc1ccc(-c2nnc(-c3nc(-c4ccc(S(=O)(=O)CCCO)cc4)cnc3N)o2)cc1. The third kappa shape index (κ3) is 5.11. The molecule has 0 unspecified atom stereocenters. The molecule has 176 valence electrons. The third-order valence-electron chi connectivity index (χ3n) is 5.14. The molecule has 34 heavy (non-hydrogen) atoms. The van der Waals surface area contributed by atoms with E-state index in [1.54, 1.807) is 12.1 Å². The fourth-order valence-corrected chi connectivity index (χ4v) is 4.61. The van der Waals surface area contributed by atoms with E-state index in [0.29, 0.717) is 23.7 Å². The minimum atomic E-state index is -3.46. The number of hydrogen-bond donors (Lipinski definition) is 3. The van der Waals surface area contributed by atoms with Gasteiger partial charge in [-0.3, -0.25) is 0 Å². The average Bonchev–Trinajstić information content (AvgIpc) is 3.34. The number of sulfone groups is 1. The highest BCUT2D eigenvalue weighted by Crippen LogP contribution is 2.28. The van der Waals surface area contributed by atoms with E-state index in [0.717, 1.165) is 17.5 Å². The molecule has 0 saturated heterocycles. The molecule has 0 radical (unpaired) electrons. The van der Waals surface area contributed by atoms with Crippen molar-refractivity contribution >= 4 is 15.7 Å². The molecule has 2 heterocycles. The van der Waals surface area contributed by atoms with Gasteiger partial charge in [-0.25, -0.2) is 18.4 Å². The van der Waals surface area contributed by atoms with Crippen LogP contribution in [0.5, 0.6) is 0 Å². The van der Waals surface area contributed by atoms with Gasteiger partial charge in [-0.2, -0.15) is 0 Å². The van der Waals surface area contributed by atoms with E-state index in [1.807, 2.05) is 24.3 Å². The molecular formula is C23H24N6O4S. The molecule has 0 fully saturated rings. The van der Waals surface area contributed by atoms with E-state index >= 15 is 0 Å². The van der Waals surface area contributed by atoms with Crippen molar-refractivity contribution < 1.29 is 17.9 Å². The molecule has 4 rings (SSSR count). The van der Waals surface area contributed by atoms with E-state index < -0.39 is 9.84 Å². The van der Waals surface area contributed by atoms with E-state index in [-0.39, 0.29) is 41.1 Å². The lowest BCUT2D eigenvalue weighted by molar-refractivity contribution is 0.295. The number of rotatable bonds is 9. The van der Waals surface area contributed by atoms with Crippen LogP contribution in [0.3, 0.4) is 0 Å². The summed E-state index contributed by atoms with van der Waals surface area (Å²) in [6.45, 7) is 0.388. The molecule has 10 nitrogen and oxygen atoms in total. The van der Waals surface area contributed by atoms with E-state index in [1.165, 1.54) is 18.3 Å². The van der Waals surface area contributed by atoms with Crippen molar-refractivity contribution in [3.63, 3.8) is 0 Å². The van der Waals surface area contributed by atoms with Crippen LogP contribution in [0.15, 0.2) is 64.0 Å². The van der Waals surface area contributed by atoms with Crippen molar-refractivity contribution in [2.75, 3.05) is 24.6 Å². The van der Waals surface area contributed by atoms with E-state index in [2.05, 4.69) is 20.2 Å². The average molecular weight is 481 g/mol. The van der Waals surface area contributed by atoms with Crippen molar-refractivity contribution in [1.29, 1.82) is 0 Å². The summed E-state index contributed by atoms with van der Waals surface area (Å²) in [4.78, 5) is 8.88. The Balaban J connectivity index is 1.60. The van der Waals surface area contributed by atoms with Gasteiger partial charge in [0.15, 0.2) is 21.3 Å². The molecule has 0 saturated carbocycles. The highest BCUT2D eigenvalue weighted by atomic mass is 32.2. The number of hydrogen-bond acceptors (Lipinski definition) is 10. The number of aliphatic hydroxyl groups is 1. The Kier molecular flexibility index (Phi) is 6.96. The van der Waals surface area contributed by atoms with Crippen LogP contribution < -0.4 is 11.5 Å². The summed E-state index contributed by atoms with van der Waals surface area (Å²) in [6, 6.07) is 13.9.